The van der Waals surface area contributed by atoms with Crippen LogP contribution in [0.4, 0.5) is 0 Å². The Morgan fingerprint density at radius 2 is 1.94 bits per heavy atom. The zero-order valence-electron chi connectivity index (χ0n) is 9.85. The van der Waals surface area contributed by atoms with Gasteiger partial charge in [-0.25, -0.2) is 0 Å². The maximum absolute atomic E-state index is 11.7. The number of rotatable bonds is 6. The number of aliphatic carboxylic acids is 1. The summed E-state index contributed by atoms with van der Waals surface area (Å²) < 4.78 is 0. The number of carbonyl (C=O) groups excluding carboxylic acids is 1. The first-order chi connectivity index (χ1) is 8.09. The number of hydrogen-bond donors (Lipinski definition) is 2. The third-order valence-corrected chi connectivity index (χ3v) is 2.44. The molecular formula is C13H17NO3. The highest BCUT2D eigenvalue weighted by Gasteiger charge is 2.09. The summed E-state index contributed by atoms with van der Waals surface area (Å²) in [5.74, 6) is -0.917. The minimum Gasteiger partial charge on any atom is -0.481 e. The summed E-state index contributed by atoms with van der Waals surface area (Å²) in [6.45, 7) is 1.88. The second-order valence-corrected chi connectivity index (χ2v) is 4.03. The molecule has 0 aliphatic rings. The molecule has 1 amide bonds. The van der Waals surface area contributed by atoms with E-state index in [0.29, 0.717) is 18.4 Å². The van der Waals surface area contributed by atoms with Gasteiger partial charge in [0.15, 0.2) is 0 Å². The molecule has 0 fully saturated rings. The fraction of sp³-hybridized carbons (Fsp3) is 0.385. The highest BCUT2D eigenvalue weighted by atomic mass is 16.4. The molecule has 0 unspecified atom stereocenters. The van der Waals surface area contributed by atoms with Gasteiger partial charge < -0.3 is 10.4 Å². The van der Waals surface area contributed by atoms with Crippen molar-refractivity contribution in [3.8, 4) is 0 Å². The first-order valence-electron chi connectivity index (χ1n) is 5.67. The molecule has 4 nitrogen and oxygen atoms in total. The number of benzene rings is 1. The van der Waals surface area contributed by atoms with Crippen molar-refractivity contribution in [3.63, 3.8) is 0 Å². The molecule has 0 saturated heterocycles. The van der Waals surface area contributed by atoms with Crippen LogP contribution in [0.15, 0.2) is 30.3 Å². The van der Waals surface area contributed by atoms with Gasteiger partial charge in [-0.15, -0.1) is 0 Å². The summed E-state index contributed by atoms with van der Waals surface area (Å²) in [5, 5.41) is 11.3. The lowest BCUT2D eigenvalue weighted by molar-refractivity contribution is -0.137. The van der Waals surface area contributed by atoms with E-state index in [2.05, 4.69) is 5.32 Å². The molecule has 1 rings (SSSR count). The van der Waals surface area contributed by atoms with Crippen LogP contribution in [0.25, 0.3) is 0 Å². The van der Waals surface area contributed by atoms with Gasteiger partial charge in [-0.05, 0) is 31.9 Å². The van der Waals surface area contributed by atoms with Gasteiger partial charge in [-0.1, -0.05) is 18.2 Å². The van der Waals surface area contributed by atoms with E-state index >= 15 is 0 Å². The molecule has 0 aliphatic carbocycles. The van der Waals surface area contributed by atoms with Gasteiger partial charge in [-0.3, -0.25) is 9.59 Å². The van der Waals surface area contributed by atoms with Crippen molar-refractivity contribution in [2.24, 2.45) is 0 Å². The Hall–Kier alpha value is -1.84. The fourth-order valence-corrected chi connectivity index (χ4v) is 1.53. The van der Waals surface area contributed by atoms with Crippen molar-refractivity contribution in [1.82, 2.24) is 5.32 Å². The smallest absolute Gasteiger partial charge is 0.303 e. The second-order valence-electron chi connectivity index (χ2n) is 4.03. The molecule has 0 aromatic heterocycles. The zero-order valence-corrected chi connectivity index (χ0v) is 9.85. The van der Waals surface area contributed by atoms with Gasteiger partial charge in [0.05, 0.1) is 0 Å². The van der Waals surface area contributed by atoms with Crippen LogP contribution in [0, 0.1) is 0 Å². The Morgan fingerprint density at radius 1 is 1.29 bits per heavy atom. The predicted octanol–water partition coefficient (Wildman–Crippen LogP) is 2.06. The van der Waals surface area contributed by atoms with E-state index in [4.69, 9.17) is 5.11 Å². The first-order valence-corrected chi connectivity index (χ1v) is 5.67. The Bertz CT molecular complexity index is 376. The van der Waals surface area contributed by atoms with Crippen molar-refractivity contribution >= 4 is 11.9 Å². The van der Waals surface area contributed by atoms with Gasteiger partial charge in [0.25, 0.3) is 5.91 Å². The highest BCUT2D eigenvalue weighted by Crippen LogP contribution is 2.03. The summed E-state index contributed by atoms with van der Waals surface area (Å²) in [7, 11) is 0. The van der Waals surface area contributed by atoms with Crippen LogP contribution in [0.1, 0.15) is 36.5 Å². The third kappa shape index (κ3) is 5.15. The maximum Gasteiger partial charge on any atom is 0.303 e. The summed E-state index contributed by atoms with van der Waals surface area (Å²) in [5.41, 5.74) is 0.623. The topological polar surface area (TPSA) is 66.4 Å². The predicted molar refractivity (Wildman–Crippen MR) is 64.9 cm³/mol. The molecule has 1 aromatic carbocycles. The number of hydrogen-bond acceptors (Lipinski definition) is 2. The van der Waals surface area contributed by atoms with Crippen LogP contribution >= 0.6 is 0 Å². The SMILES string of the molecule is C[C@H](CCCC(=O)O)NC(=O)c1ccccc1. The first kappa shape index (κ1) is 13.2. The Morgan fingerprint density at radius 3 is 2.53 bits per heavy atom. The van der Waals surface area contributed by atoms with Gasteiger partial charge in [0.2, 0.25) is 0 Å². The lowest BCUT2D eigenvalue weighted by Crippen LogP contribution is -2.32. The molecule has 92 valence electrons. The Kier molecular flexibility index (Phi) is 5.20. The van der Waals surface area contributed by atoms with Crippen LogP contribution in [-0.4, -0.2) is 23.0 Å². The molecule has 0 saturated carbocycles. The standard InChI is InChI=1S/C13H17NO3/c1-10(6-5-9-12(15)16)14-13(17)11-7-3-2-4-8-11/h2-4,7-8,10H,5-6,9H2,1H3,(H,14,17)(H,15,16)/t10-/m1/s1. The van der Waals surface area contributed by atoms with Crippen LogP contribution in [0.3, 0.4) is 0 Å². The van der Waals surface area contributed by atoms with Crippen molar-refractivity contribution in [2.75, 3.05) is 0 Å². The summed E-state index contributed by atoms with van der Waals surface area (Å²) in [4.78, 5) is 22.1. The van der Waals surface area contributed by atoms with Crippen molar-refractivity contribution in [1.29, 1.82) is 0 Å². The molecule has 0 aliphatic heterocycles. The molecule has 1 atom stereocenters. The molecule has 17 heavy (non-hydrogen) atoms. The van der Waals surface area contributed by atoms with E-state index in [-0.39, 0.29) is 18.4 Å². The van der Waals surface area contributed by atoms with Crippen LogP contribution in [0.2, 0.25) is 0 Å². The van der Waals surface area contributed by atoms with Crippen LogP contribution < -0.4 is 5.32 Å². The minimum absolute atomic E-state index is 0.0120. The quantitative estimate of drug-likeness (QED) is 0.793. The van der Waals surface area contributed by atoms with E-state index in [0.717, 1.165) is 0 Å². The maximum atomic E-state index is 11.7. The average molecular weight is 235 g/mol. The summed E-state index contributed by atoms with van der Waals surface area (Å²) >= 11 is 0. The number of nitrogens with one attached hydrogen (secondary N) is 1. The van der Waals surface area contributed by atoms with E-state index in [1.54, 1.807) is 12.1 Å². The minimum atomic E-state index is -0.799. The fourth-order valence-electron chi connectivity index (χ4n) is 1.53. The lowest BCUT2D eigenvalue weighted by atomic mass is 10.1. The number of amides is 1. The monoisotopic (exact) mass is 235 g/mol. The third-order valence-electron chi connectivity index (χ3n) is 2.44. The normalized spacial score (nSPS) is 11.8. The molecule has 2 N–H and O–H groups in total. The van der Waals surface area contributed by atoms with Crippen LogP contribution in [-0.2, 0) is 4.79 Å². The van der Waals surface area contributed by atoms with E-state index in [9.17, 15) is 9.59 Å². The summed E-state index contributed by atoms with van der Waals surface area (Å²) in [6, 6.07) is 8.96. The van der Waals surface area contributed by atoms with Crippen LogP contribution in [0.5, 0.6) is 0 Å². The molecule has 0 spiro atoms. The van der Waals surface area contributed by atoms with Gasteiger partial charge in [0.1, 0.15) is 0 Å². The van der Waals surface area contributed by atoms with Gasteiger partial charge in [-0.2, -0.15) is 0 Å². The molecule has 1 aromatic rings. The largest absolute Gasteiger partial charge is 0.481 e. The molecule has 0 heterocycles. The highest BCUT2D eigenvalue weighted by molar-refractivity contribution is 5.94. The van der Waals surface area contributed by atoms with Crippen molar-refractivity contribution in [2.45, 2.75) is 32.2 Å². The Balaban J connectivity index is 2.34. The van der Waals surface area contributed by atoms with E-state index in [1.165, 1.54) is 0 Å². The summed E-state index contributed by atoms with van der Waals surface area (Å²) in [6.07, 6.45) is 1.39. The van der Waals surface area contributed by atoms with E-state index < -0.39 is 5.97 Å². The lowest BCUT2D eigenvalue weighted by Gasteiger charge is -2.13. The molecule has 4 heteroatoms. The number of carboxylic acids is 1. The zero-order chi connectivity index (χ0) is 12.7. The second kappa shape index (κ2) is 6.68. The molecule has 0 radical (unpaired) electrons. The van der Waals surface area contributed by atoms with Gasteiger partial charge >= 0.3 is 5.97 Å². The molecule has 0 bridgehead atoms. The van der Waals surface area contributed by atoms with Gasteiger partial charge in [0, 0.05) is 18.0 Å². The molecular weight excluding hydrogens is 218 g/mol. The van der Waals surface area contributed by atoms with E-state index in [1.807, 2.05) is 25.1 Å². The number of carbonyl (C=O) groups is 2. The Labute approximate surface area is 101 Å². The average Bonchev–Trinajstić information content (AvgIpc) is 2.29. The van der Waals surface area contributed by atoms with Crippen molar-refractivity contribution in [3.05, 3.63) is 35.9 Å². The number of carboxylic acid groups (broad SMARTS) is 1. The van der Waals surface area contributed by atoms with Crippen molar-refractivity contribution < 1.29 is 14.7 Å².